The number of hydrogen-bond donors (Lipinski definition) is 1. The quantitative estimate of drug-likeness (QED) is 0.641. The number of esters is 1. The Morgan fingerprint density at radius 2 is 2.50 bits per heavy atom. The van der Waals surface area contributed by atoms with Crippen LogP contribution in [0, 0.1) is 0 Å². The van der Waals surface area contributed by atoms with Crippen LogP contribution in [0.5, 0.6) is 0 Å². The Kier molecular flexibility index (Phi) is 2.32. The van der Waals surface area contributed by atoms with Crippen LogP contribution in [-0.2, 0) is 11.8 Å². The molecule has 12 heavy (non-hydrogen) atoms. The van der Waals surface area contributed by atoms with Crippen molar-refractivity contribution in [1.82, 2.24) is 9.55 Å². The first-order chi connectivity index (χ1) is 5.66. The van der Waals surface area contributed by atoms with Gasteiger partial charge in [-0.15, -0.1) is 0 Å². The van der Waals surface area contributed by atoms with Crippen molar-refractivity contribution in [3.05, 3.63) is 12.0 Å². The van der Waals surface area contributed by atoms with Gasteiger partial charge < -0.3 is 15.0 Å². The summed E-state index contributed by atoms with van der Waals surface area (Å²) in [5, 5.41) is 0. The Hall–Kier alpha value is -1.52. The van der Waals surface area contributed by atoms with Crippen LogP contribution in [0.25, 0.3) is 0 Å². The molecule has 0 atom stereocenters. The minimum absolute atomic E-state index is 0.231. The second-order valence-corrected chi connectivity index (χ2v) is 2.29. The Morgan fingerprint density at radius 3 is 2.92 bits per heavy atom. The third-order valence-electron chi connectivity index (χ3n) is 1.48. The number of anilines is 1. The van der Waals surface area contributed by atoms with Gasteiger partial charge in [0, 0.05) is 7.05 Å². The number of nitrogens with zero attached hydrogens (tertiary/aromatic N) is 2. The molecule has 1 aromatic rings. The van der Waals surface area contributed by atoms with E-state index in [1.54, 1.807) is 14.0 Å². The van der Waals surface area contributed by atoms with Gasteiger partial charge >= 0.3 is 5.97 Å². The molecule has 0 fully saturated rings. The maximum atomic E-state index is 11.1. The molecule has 1 aromatic heterocycles. The van der Waals surface area contributed by atoms with Crippen molar-refractivity contribution in [1.29, 1.82) is 0 Å². The monoisotopic (exact) mass is 169 g/mol. The lowest BCUT2D eigenvalue weighted by Crippen LogP contribution is -2.12. The fourth-order valence-electron chi connectivity index (χ4n) is 0.808. The van der Waals surface area contributed by atoms with Crippen molar-refractivity contribution in [2.45, 2.75) is 6.92 Å². The molecule has 0 bridgehead atoms. The van der Waals surface area contributed by atoms with Gasteiger partial charge in [0.15, 0.2) is 0 Å². The maximum Gasteiger partial charge on any atom is 0.374 e. The van der Waals surface area contributed by atoms with Gasteiger partial charge in [-0.25, -0.2) is 9.78 Å². The molecule has 0 aliphatic rings. The molecule has 0 radical (unpaired) electrons. The van der Waals surface area contributed by atoms with E-state index in [9.17, 15) is 4.79 Å². The SMILES string of the molecule is CCOC(=O)c1ncc(N)n1C. The summed E-state index contributed by atoms with van der Waals surface area (Å²) >= 11 is 0. The van der Waals surface area contributed by atoms with Gasteiger partial charge in [0.2, 0.25) is 5.82 Å². The highest BCUT2D eigenvalue weighted by atomic mass is 16.5. The second kappa shape index (κ2) is 3.25. The zero-order valence-corrected chi connectivity index (χ0v) is 7.07. The lowest BCUT2D eigenvalue weighted by Gasteiger charge is -2.01. The van der Waals surface area contributed by atoms with Gasteiger partial charge in [0.05, 0.1) is 12.8 Å². The summed E-state index contributed by atoms with van der Waals surface area (Å²) in [6.45, 7) is 2.08. The third kappa shape index (κ3) is 1.39. The largest absolute Gasteiger partial charge is 0.460 e. The smallest absolute Gasteiger partial charge is 0.374 e. The van der Waals surface area contributed by atoms with E-state index in [4.69, 9.17) is 10.5 Å². The molecule has 5 nitrogen and oxygen atoms in total. The van der Waals surface area contributed by atoms with Crippen LogP contribution in [0.4, 0.5) is 5.82 Å². The minimum atomic E-state index is -0.448. The van der Waals surface area contributed by atoms with Crippen LogP contribution in [0.3, 0.4) is 0 Å². The van der Waals surface area contributed by atoms with Gasteiger partial charge in [-0.1, -0.05) is 0 Å². The van der Waals surface area contributed by atoms with Crippen molar-refractivity contribution in [2.24, 2.45) is 7.05 Å². The summed E-state index contributed by atoms with van der Waals surface area (Å²) < 4.78 is 6.23. The normalized spacial score (nSPS) is 9.83. The lowest BCUT2D eigenvalue weighted by atomic mass is 10.6. The molecular formula is C7H11N3O2. The molecule has 0 unspecified atom stereocenters. The highest BCUT2D eigenvalue weighted by Gasteiger charge is 2.13. The van der Waals surface area contributed by atoms with Gasteiger partial charge in [-0.05, 0) is 6.92 Å². The molecule has 1 rings (SSSR count). The number of rotatable bonds is 2. The molecule has 0 amide bonds. The van der Waals surface area contributed by atoms with E-state index in [0.717, 1.165) is 0 Å². The van der Waals surface area contributed by atoms with Crippen LogP contribution >= 0.6 is 0 Å². The first kappa shape index (κ1) is 8.58. The van der Waals surface area contributed by atoms with E-state index in [1.807, 2.05) is 0 Å². The number of nitrogen functional groups attached to an aromatic ring is 1. The average Bonchev–Trinajstić information content (AvgIpc) is 2.34. The minimum Gasteiger partial charge on any atom is -0.460 e. The van der Waals surface area contributed by atoms with E-state index in [2.05, 4.69) is 4.98 Å². The predicted octanol–water partition coefficient (Wildman–Crippen LogP) is 0.179. The topological polar surface area (TPSA) is 70.1 Å². The summed E-state index contributed by atoms with van der Waals surface area (Å²) in [6, 6.07) is 0. The molecule has 0 saturated carbocycles. The second-order valence-electron chi connectivity index (χ2n) is 2.29. The van der Waals surface area contributed by atoms with Crippen molar-refractivity contribution in [2.75, 3.05) is 12.3 Å². The molecule has 0 aliphatic heterocycles. The summed E-state index contributed by atoms with van der Waals surface area (Å²) in [5.74, 6) is 0.226. The molecule has 0 aliphatic carbocycles. The fraction of sp³-hybridized carbons (Fsp3) is 0.429. The number of ether oxygens (including phenoxy) is 1. The molecule has 1 heterocycles. The molecule has 66 valence electrons. The zero-order valence-electron chi connectivity index (χ0n) is 7.07. The lowest BCUT2D eigenvalue weighted by molar-refractivity contribution is 0.0508. The molecule has 2 N–H and O–H groups in total. The fourth-order valence-corrected chi connectivity index (χ4v) is 0.808. The number of hydrogen-bond acceptors (Lipinski definition) is 4. The Balaban J connectivity index is 2.88. The highest BCUT2D eigenvalue weighted by Crippen LogP contribution is 2.04. The molecular weight excluding hydrogens is 158 g/mol. The Morgan fingerprint density at radius 1 is 1.83 bits per heavy atom. The maximum absolute atomic E-state index is 11.1. The van der Waals surface area contributed by atoms with Gasteiger partial charge in [-0.2, -0.15) is 0 Å². The standard InChI is InChI=1S/C7H11N3O2/c1-3-12-7(11)6-9-4-5(8)10(6)2/h4H,3,8H2,1-2H3. The van der Waals surface area contributed by atoms with E-state index < -0.39 is 5.97 Å². The first-order valence-electron chi connectivity index (χ1n) is 3.61. The van der Waals surface area contributed by atoms with Crippen molar-refractivity contribution >= 4 is 11.8 Å². The molecule has 0 saturated heterocycles. The number of nitrogens with two attached hydrogens (primary N) is 1. The molecule has 0 aromatic carbocycles. The van der Waals surface area contributed by atoms with Gasteiger partial charge in [0.1, 0.15) is 5.82 Å². The van der Waals surface area contributed by atoms with Crippen LogP contribution in [-0.4, -0.2) is 22.1 Å². The Labute approximate surface area is 70.1 Å². The van der Waals surface area contributed by atoms with Crippen LogP contribution in [0.2, 0.25) is 0 Å². The van der Waals surface area contributed by atoms with Crippen LogP contribution < -0.4 is 5.73 Å². The number of imidazole rings is 1. The van der Waals surface area contributed by atoms with E-state index >= 15 is 0 Å². The number of carbonyl (C=O) groups excluding carboxylic acids is 1. The van der Waals surface area contributed by atoms with Gasteiger partial charge in [0.25, 0.3) is 0 Å². The summed E-state index contributed by atoms with van der Waals surface area (Å²) in [4.78, 5) is 14.9. The molecule has 5 heteroatoms. The average molecular weight is 169 g/mol. The van der Waals surface area contributed by atoms with E-state index in [-0.39, 0.29) is 5.82 Å². The van der Waals surface area contributed by atoms with Crippen molar-refractivity contribution < 1.29 is 9.53 Å². The number of carbonyl (C=O) groups is 1. The summed E-state index contributed by atoms with van der Waals surface area (Å²) in [6.07, 6.45) is 1.42. The highest BCUT2D eigenvalue weighted by molar-refractivity contribution is 5.86. The van der Waals surface area contributed by atoms with Crippen molar-refractivity contribution in [3.63, 3.8) is 0 Å². The first-order valence-corrected chi connectivity index (χ1v) is 3.61. The summed E-state index contributed by atoms with van der Waals surface area (Å²) in [7, 11) is 1.66. The Bertz CT molecular complexity index is 293. The van der Waals surface area contributed by atoms with Crippen LogP contribution in [0.15, 0.2) is 6.20 Å². The summed E-state index contributed by atoms with van der Waals surface area (Å²) in [5.41, 5.74) is 5.47. The van der Waals surface area contributed by atoms with E-state index in [0.29, 0.717) is 12.4 Å². The van der Waals surface area contributed by atoms with Crippen LogP contribution in [0.1, 0.15) is 17.5 Å². The van der Waals surface area contributed by atoms with Gasteiger partial charge in [-0.3, -0.25) is 0 Å². The zero-order chi connectivity index (χ0) is 9.14. The third-order valence-corrected chi connectivity index (χ3v) is 1.48. The number of aromatic nitrogens is 2. The predicted molar refractivity (Wildman–Crippen MR) is 43.6 cm³/mol. The van der Waals surface area contributed by atoms with E-state index in [1.165, 1.54) is 10.8 Å². The molecule has 0 spiro atoms. The van der Waals surface area contributed by atoms with Crippen molar-refractivity contribution in [3.8, 4) is 0 Å².